The third-order valence-corrected chi connectivity index (χ3v) is 5.66. The number of hydrogen-bond donors (Lipinski definition) is 2. The Morgan fingerprint density at radius 3 is 2.48 bits per heavy atom. The Kier molecular flexibility index (Phi) is 9.50. The molecule has 0 saturated heterocycles. The van der Waals surface area contributed by atoms with Crippen molar-refractivity contribution in [2.75, 3.05) is 25.0 Å². The van der Waals surface area contributed by atoms with Crippen molar-refractivity contribution in [3.05, 3.63) is 47.4 Å². The van der Waals surface area contributed by atoms with Crippen LogP contribution in [0, 0.1) is 0 Å². The number of benzene rings is 1. The highest BCUT2D eigenvalue weighted by molar-refractivity contribution is 8.03. The third kappa shape index (κ3) is 8.06. The molecule has 1 aliphatic rings. The molecule has 0 amide bonds. The largest absolute Gasteiger partial charge is 0.491 e. The summed E-state index contributed by atoms with van der Waals surface area (Å²) < 4.78 is 11.3. The smallest absolute Gasteiger partial charge is 0.119 e. The first kappa shape index (κ1) is 22.6. The molecule has 0 aromatic heterocycles. The standard InChI is InChI=1S/C20H26Cl2O4S/c1-20(26-14-16(24)12-22)9-6-19(7-10-20)27-18-4-2-17(3-5-18)25-13-15(23)8-11-21/h2-7,9,15-16,23-24H,8,10-14H2,1H3. The molecule has 0 bridgehead atoms. The predicted octanol–water partition coefficient (Wildman–Crippen LogP) is 4.37. The van der Waals surface area contributed by atoms with E-state index >= 15 is 0 Å². The molecular formula is C20H26Cl2O4S. The second kappa shape index (κ2) is 11.3. The van der Waals surface area contributed by atoms with Crippen molar-refractivity contribution in [2.24, 2.45) is 0 Å². The van der Waals surface area contributed by atoms with E-state index < -0.39 is 17.8 Å². The SMILES string of the molecule is CC1(OCC(O)CCl)C=CC(Sc2ccc(OCC(O)CCCl)cc2)=CC1. The minimum Gasteiger partial charge on any atom is -0.491 e. The van der Waals surface area contributed by atoms with Crippen LogP contribution in [0.2, 0.25) is 0 Å². The zero-order valence-corrected chi connectivity index (χ0v) is 17.6. The molecule has 3 atom stereocenters. The average Bonchev–Trinajstić information content (AvgIpc) is 2.68. The Morgan fingerprint density at radius 2 is 1.89 bits per heavy atom. The number of ether oxygens (including phenoxy) is 2. The molecule has 0 aliphatic heterocycles. The predicted molar refractivity (Wildman–Crippen MR) is 112 cm³/mol. The van der Waals surface area contributed by atoms with E-state index in [0.29, 0.717) is 12.3 Å². The maximum Gasteiger partial charge on any atom is 0.119 e. The summed E-state index contributed by atoms with van der Waals surface area (Å²) in [5.41, 5.74) is -0.418. The molecular weight excluding hydrogens is 407 g/mol. The highest BCUT2D eigenvalue weighted by Gasteiger charge is 2.24. The minimum atomic E-state index is -0.645. The average molecular weight is 433 g/mol. The quantitative estimate of drug-likeness (QED) is 0.508. The van der Waals surface area contributed by atoms with Gasteiger partial charge in [0.1, 0.15) is 12.4 Å². The first-order valence-corrected chi connectivity index (χ1v) is 10.7. The number of aliphatic hydroxyl groups is 2. The van der Waals surface area contributed by atoms with E-state index in [4.69, 9.17) is 32.7 Å². The molecule has 150 valence electrons. The van der Waals surface area contributed by atoms with Gasteiger partial charge in [0.25, 0.3) is 0 Å². The van der Waals surface area contributed by atoms with E-state index in [1.165, 1.54) is 0 Å². The zero-order valence-electron chi connectivity index (χ0n) is 15.3. The first-order valence-electron chi connectivity index (χ1n) is 8.86. The van der Waals surface area contributed by atoms with Gasteiger partial charge in [-0.2, -0.15) is 0 Å². The van der Waals surface area contributed by atoms with Gasteiger partial charge in [-0.05, 0) is 50.1 Å². The molecule has 2 rings (SSSR count). The van der Waals surface area contributed by atoms with E-state index in [2.05, 4.69) is 6.08 Å². The lowest BCUT2D eigenvalue weighted by molar-refractivity contribution is -0.0352. The highest BCUT2D eigenvalue weighted by atomic mass is 35.5. The fourth-order valence-corrected chi connectivity index (χ4v) is 3.54. The first-order chi connectivity index (χ1) is 12.9. The van der Waals surface area contributed by atoms with Crippen molar-refractivity contribution in [1.82, 2.24) is 0 Å². The summed E-state index contributed by atoms with van der Waals surface area (Å²) in [7, 11) is 0. The second-order valence-corrected chi connectivity index (χ2v) is 8.43. The van der Waals surface area contributed by atoms with Crippen LogP contribution >= 0.6 is 35.0 Å². The van der Waals surface area contributed by atoms with Crippen LogP contribution < -0.4 is 4.74 Å². The van der Waals surface area contributed by atoms with Crippen molar-refractivity contribution in [3.8, 4) is 5.75 Å². The summed E-state index contributed by atoms with van der Waals surface area (Å²) in [5, 5.41) is 19.2. The molecule has 1 aliphatic carbocycles. The van der Waals surface area contributed by atoms with Crippen molar-refractivity contribution >= 4 is 35.0 Å². The van der Waals surface area contributed by atoms with E-state index in [9.17, 15) is 10.2 Å². The topological polar surface area (TPSA) is 58.9 Å². The van der Waals surface area contributed by atoms with Gasteiger partial charge in [-0.1, -0.05) is 23.9 Å². The molecule has 2 N–H and O–H groups in total. The van der Waals surface area contributed by atoms with Gasteiger partial charge in [-0.25, -0.2) is 0 Å². The molecule has 0 radical (unpaired) electrons. The molecule has 0 fully saturated rings. The van der Waals surface area contributed by atoms with Crippen LogP contribution in [0.3, 0.4) is 0 Å². The number of rotatable bonds is 11. The van der Waals surface area contributed by atoms with Gasteiger partial charge in [0, 0.05) is 15.7 Å². The summed E-state index contributed by atoms with van der Waals surface area (Å²) >= 11 is 12.9. The fraction of sp³-hybridized carbons (Fsp3) is 0.500. The molecule has 0 heterocycles. The minimum absolute atomic E-state index is 0.169. The number of halogens is 2. The molecule has 3 unspecified atom stereocenters. The summed E-state index contributed by atoms with van der Waals surface area (Å²) in [6, 6.07) is 7.76. The van der Waals surface area contributed by atoms with Crippen LogP contribution in [0.25, 0.3) is 0 Å². The van der Waals surface area contributed by atoms with Crippen LogP contribution in [0.1, 0.15) is 19.8 Å². The zero-order chi connectivity index (χ0) is 19.7. The van der Waals surface area contributed by atoms with Crippen molar-refractivity contribution in [3.63, 3.8) is 0 Å². The summed E-state index contributed by atoms with van der Waals surface area (Å²) in [4.78, 5) is 2.24. The summed E-state index contributed by atoms with van der Waals surface area (Å²) in [5.74, 6) is 1.31. The van der Waals surface area contributed by atoms with Crippen LogP contribution in [0.4, 0.5) is 0 Å². The Labute approximate surface area is 175 Å². The van der Waals surface area contributed by atoms with Gasteiger partial charge in [0.2, 0.25) is 0 Å². The monoisotopic (exact) mass is 432 g/mol. The number of thioether (sulfide) groups is 1. The summed E-state index contributed by atoms with van der Waals surface area (Å²) in [6.07, 6.45) is 6.25. The van der Waals surface area contributed by atoms with Crippen LogP contribution in [0.5, 0.6) is 5.75 Å². The molecule has 1 aromatic carbocycles. The molecule has 1 aromatic rings. The molecule has 0 saturated carbocycles. The third-order valence-electron chi connectivity index (χ3n) is 4.04. The van der Waals surface area contributed by atoms with Crippen LogP contribution in [-0.4, -0.2) is 53.0 Å². The van der Waals surface area contributed by atoms with E-state index in [1.807, 2.05) is 43.3 Å². The van der Waals surface area contributed by atoms with Crippen LogP contribution in [-0.2, 0) is 4.74 Å². The number of hydrogen-bond acceptors (Lipinski definition) is 5. The molecule has 27 heavy (non-hydrogen) atoms. The number of allylic oxidation sites excluding steroid dienone is 1. The lowest BCUT2D eigenvalue weighted by Gasteiger charge is -2.29. The second-order valence-electron chi connectivity index (χ2n) is 6.59. The Morgan fingerprint density at radius 1 is 1.15 bits per heavy atom. The molecule has 4 nitrogen and oxygen atoms in total. The van der Waals surface area contributed by atoms with E-state index in [1.54, 1.807) is 11.8 Å². The molecule has 0 spiro atoms. The number of alkyl halides is 2. The van der Waals surface area contributed by atoms with Gasteiger partial charge in [-0.15, -0.1) is 23.2 Å². The van der Waals surface area contributed by atoms with Gasteiger partial charge >= 0.3 is 0 Å². The van der Waals surface area contributed by atoms with Gasteiger partial charge in [0.15, 0.2) is 0 Å². The van der Waals surface area contributed by atoms with Crippen molar-refractivity contribution in [1.29, 1.82) is 0 Å². The fourth-order valence-electron chi connectivity index (χ4n) is 2.35. The summed E-state index contributed by atoms with van der Waals surface area (Å²) in [6.45, 7) is 2.46. The normalized spacial score (nSPS) is 21.6. The Hall–Kier alpha value is -0.690. The highest BCUT2D eigenvalue weighted by Crippen LogP contribution is 2.34. The lowest BCUT2D eigenvalue weighted by Crippen LogP contribution is -2.31. The van der Waals surface area contributed by atoms with Gasteiger partial charge in [0.05, 0.1) is 30.3 Å². The van der Waals surface area contributed by atoms with Crippen molar-refractivity contribution in [2.45, 2.75) is 42.5 Å². The van der Waals surface area contributed by atoms with E-state index in [-0.39, 0.29) is 19.1 Å². The lowest BCUT2D eigenvalue weighted by atomic mass is 9.97. The number of aliphatic hydroxyl groups excluding tert-OH is 2. The van der Waals surface area contributed by atoms with Gasteiger partial charge < -0.3 is 19.7 Å². The maximum atomic E-state index is 9.65. The maximum absolute atomic E-state index is 9.65. The molecule has 7 heteroatoms. The Balaban J connectivity index is 1.81. The Bertz CT molecular complexity index is 635. The van der Waals surface area contributed by atoms with Gasteiger partial charge in [-0.3, -0.25) is 0 Å². The van der Waals surface area contributed by atoms with Crippen LogP contribution in [0.15, 0.2) is 52.3 Å². The van der Waals surface area contributed by atoms with E-state index in [0.717, 1.165) is 22.0 Å². The van der Waals surface area contributed by atoms with Crippen molar-refractivity contribution < 1.29 is 19.7 Å².